The molecular weight excluding hydrogens is 182 g/mol. The van der Waals surface area contributed by atoms with Crippen molar-refractivity contribution in [3.8, 4) is 0 Å². The molecule has 0 spiro atoms. The molecule has 0 unspecified atom stereocenters. The van der Waals surface area contributed by atoms with Gasteiger partial charge in [0.25, 0.3) is 0 Å². The van der Waals surface area contributed by atoms with E-state index in [0.717, 1.165) is 19.6 Å². The number of ether oxygens (including phenoxy) is 1. The Labute approximate surface area is 86.5 Å². The van der Waals surface area contributed by atoms with Crippen molar-refractivity contribution in [2.24, 2.45) is 5.41 Å². The number of aliphatic hydroxyl groups excluding tert-OH is 2. The van der Waals surface area contributed by atoms with Crippen LogP contribution in [0.1, 0.15) is 13.3 Å². The van der Waals surface area contributed by atoms with Gasteiger partial charge >= 0.3 is 0 Å². The Kier molecular flexibility index (Phi) is 7.09. The normalized spacial score (nSPS) is 12.4. The smallest absolute Gasteiger partial charge is 0.0519 e. The Balaban J connectivity index is 3.73. The molecule has 0 aromatic carbocycles. The summed E-state index contributed by atoms with van der Waals surface area (Å²) in [5.41, 5.74) is -0.401. The highest BCUT2D eigenvalue weighted by molar-refractivity contribution is 4.75. The average Bonchev–Trinajstić information content (AvgIpc) is 2.18. The maximum Gasteiger partial charge on any atom is 0.0519 e. The number of hydrogen-bond acceptors (Lipinski definition) is 4. The molecule has 86 valence electrons. The van der Waals surface area contributed by atoms with Crippen LogP contribution in [0.4, 0.5) is 0 Å². The number of hydrogen-bond donors (Lipinski definition) is 2. The summed E-state index contributed by atoms with van der Waals surface area (Å²) in [6.07, 6.45) is 0.972. The minimum Gasteiger partial charge on any atom is -0.396 e. The third-order valence-corrected chi connectivity index (χ3v) is 2.30. The van der Waals surface area contributed by atoms with Crippen molar-refractivity contribution in [3.05, 3.63) is 0 Å². The van der Waals surface area contributed by atoms with Gasteiger partial charge in [0.2, 0.25) is 0 Å². The van der Waals surface area contributed by atoms with Gasteiger partial charge in [-0.05, 0) is 13.5 Å². The van der Waals surface area contributed by atoms with Crippen LogP contribution in [-0.4, -0.2) is 62.2 Å². The first-order chi connectivity index (χ1) is 6.58. The SMILES string of the molecule is COCCCN(C)CC(C)(CO)CO. The topological polar surface area (TPSA) is 52.9 Å². The van der Waals surface area contributed by atoms with E-state index in [0.29, 0.717) is 6.54 Å². The van der Waals surface area contributed by atoms with E-state index in [-0.39, 0.29) is 13.2 Å². The molecule has 0 heterocycles. The largest absolute Gasteiger partial charge is 0.396 e. The van der Waals surface area contributed by atoms with E-state index in [9.17, 15) is 0 Å². The molecule has 0 saturated carbocycles. The summed E-state index contributed by atoms with van der Waals surface area (Å²) in [6, 6.07) is 0. The molecular formula is C10H23NO3. The van der Waals surface area contributed by atoms with Gasteiger partial charge in [-0.15, -0.1) is 0 Å². The van der Waals surface area contributed by atoms with E-state index in [1.165, 1.54) is 0 Å². The average molecular weight is 205 g/mol. The van der Waals surface area contributed by atoms with Crippen molar-refractivity contribution in [3.63, 3.8) is 0 Å². The van der Waals surface area contributed by atoms with Gasteiger partial charge in [0.05, 0.1) is 13.2 Å². The summed E-state index contributed by atoms with van der Waals surface area (Å²) >= 11 is 0. The molecule has 4 nitrogen and oxygen atoms in total. The van der Waals surface area contributed by atoms with E-state index in [2.05, 4.69) is 4.90 Å². The van der Waals surface area contributed by atoms with E-state index >= 15 is 0 Å². The zero-order valence-electron chi connectivity index (χ0n) is 9.49. The van der Waals surface area contributed by atoms with E-state index in [1.54, 1.807) is 7.11 Å². The fourth-order valence-electron chi connectivity index (χ4n) is 1.36. The van der Waals surface area contributed by atoms with Gasteiger partial charge in [0, 0.05) is 32.2 Å². The number of aliphatic hydroxyl groups is 2. The number of rotatable bonds is 8. The molecule has 0 fully saturated rings. The van der Waals surface area contributed by atoms with Crippen molar-refractivity contribution < 1.29 is 14.9 Å². The van der Waals surface area contributed by atoms with E-state index in [4.69, 9.17) is 14.9 Å². The van der Waals surface area contributed by atoms with Crippen LogP contribution in [0.15, 0.2) is 0 Å². The Morgan fingerprint density at radius 3 is 2.29 bits per heavy atom. The maximum atomic E-state index is 9.09. The van der Waals surface area contributed by atoms with Gasteiger partial charge in [0.1, 0.15) is 0 Å². The third-order valence-electron chi connectivity index (χ3n) is 2.30. The van der Waals surface area contributed by atoms with Crippen molar-refractivity contribution in [2.45, 2.75) is 13.3 Å². The highest BCUT2D eigenvalue weighted by Gasteiger charge is 2.23. The van der Waals surface area contributed by atoms with Crippen molar-refractivity contribution in [1.29, 1.82) is 0 Å². The lowest BCUT2D eigenvalue weighted by Gasteiger charge is -2.30. The van der Waals surface area contributed by atoms with Crippen LogP contribution in [0.3, 0.4) is 0 Å². The Hall–Kier alpha value is -0.160. The van der Waals surface area contributed by atoms with E-state index in [1.807, 2.05) is 14.0 Å². The number of methoxy groups -OCH3 is 1. The van der Waals surface area contributed by atoms with Crippen LogP contribution in [0.2, 0.25) is 0 Å². The standard InChI is InChI=1S/C10H23NO3/c1-10(8-12,9-13)7-11(2)5-4-6-14-3/h12-13H,4-9H2,1-3H3. The van der Waals surface area contributed by atoms with Crippen LogP contribution in [0.25, 0.3) is 0 Å². The molecule has 0 aliphatic heterocycles. The Bertz CT molecular complexity index is 137. The monoisotopic (exact) mass is 205 g/mol. The van der Waals surface area contributed by atoms with Crippen LogP contribution in [0, 0.1) is 5.41 Å². The van der Waals surface area contributed by atoms with Crippen LogP contribution in [-0.2, 0) is 4.74 Å². The van der Waals surface area contributed by atoms with Crippen molar-refractivity contribution in [1.82, 2.24) is 4.90 Å². The van der Waals surface area contributed by atoms with Crippen molar-refractivity contribution in [2.75, 3.05) is 47.1 Å². The molecule has 4 heteroatoms. The fraction of sp³-hybridized carbons (Fsp3) is 1.00. The summed E-state index contributed by atoms with van der Waals surface area (Å²) in [6.45, 7) is 4.27. The fourth-order valence-corrected chi connectivity index (χ4v) is 1.36. The lowest BCUT2D eigenvalue weighted by atomic mass is 9.92. The third kappa shape index (κ3) is 5.54. The molecule has 0 aliphatic carbocycles. The highest BCUT2D eigenvalue weighted by Crippen LogP contribution is 2.15. The van der Waals surface area contributed by atoms with Crippen LogP contribution < -0.4 is 0 Å². The summed E-state index contributed by atoms with van der Waals surface area (Å²) in [7, 11) is 3.67. The Morgan fingerprint density at radius 2 is 1.86 bits per heavy atom. The molecule has 14 heavy (non-hydrogen) atoms. The second-order valence-electron chi connectivity index (χ2n) is 4.21. The maximum absolute atomic E-state index is 9.09. The van der Waals surface area contributed by atoms with Gasteiger partial charge in [-0.1, -0.05) is 6.92 Å². The minimum atomic E-state index is -0.401. The predicted molar refractivity (Wildman–Crippen MR) is 56.3 cm³/mol. The Morgan fingerprint density at radius 1 is 1.29 bits per heavy atom. The van der Waals surface area contributed by atoms with Gasteiger partial charge in [0.15, 0.2) is 0 Å². The molecule has 0 radical (unpaired) electrons. The molecule has 0 saturated heterocycles. The summed E-state index contributed by atoms with van der Waals surface area (Å²) in [4.78, 5) is 2.10. The molecule has 0 atom stereocenters. The summed E-state index contributed by atoms with van der Waals surface area (Å²) in [5.74, 6) is 0. The second-order valence-corrected chi connectivity index (χ2v) is 4.21. The molecule has 0 bridgehead atoms. The van der Waals surface area contributed by atoms with Gasteiger partial charge in [-0.3, -0.25) is 0 Å². The van der Waals surface area contributed by atoms with Gasteiger partial charge < -0.3 is 19.8 Å². The first-order valence-corrected chi connectivity index (χ1v) is 4.97. The molecule has 0 amide bonds. The first-order valence-electron chi connectivity index (χ1n) is 4.97. The van der Waals surface area contributed by atoms with Crippen molar-refractivity contribution >= 4 is 0 Å². The lowest BCUT2D eigenvalue weighted by molar-refractivity contribution is 0.0400. The molecule has 0 aliphatic rings. The lowest BCUT2D eigenvalue weighted by Crippen LogP contribution is -2.39. The molecule has 0 aromatic heterocycles. The highest BCUT2D eigenvalue weighted by atomic mass is 16.5. The van der Waals surface area contributed by atoms with E-state index < -0.39 is 5.41 Å². The first kappa shape index (κ1) is 13.8. The van der Waals surface area contributed by atoms with Crippen LogP contribution >= 0.6 is 0 Å². The quantitative estimate of drug-likeness (QED) is 0.545. The molecule has 0 rings (SSSR count). The molecule has 0 aromatic rings. The predicted octanol–water partition coefficient (Wildman–Crippen LogP) is -0.0544. The summed E-state index contributed by atoms with van der Waals surface area (Å²) < 4.78 is 4.95. The zero-order chi connectivity index (χ0) is 11.0. The van der Waals surface area contributed by atoms with Gasteiger partial charge in [-0.2, -0.15) is 0 Å². The zero-order valence-corrected chi connectivity index (χ0v) is 9.49. The van der Waals surface area contributed by atoms with Crippen LogP contribution in [0.5, 0.6) is 0 Å². The summed E-state index contributed by atoms with van der Waals surface area (Å²) in [5, 5.41) is 18.2. The molecule has 2 N–H and O–H groups in total. The minimum absolute atomic E-state index is 0.0120. The van der Waals surface area contributed by atoms with Gasteiger partial charge in [-0.25, -0.2) is 0 Å². The second kappa shape index (κ2) is 7.17. The number of nitrogens with zero attached hydrogens (tertiary/aromatic N) is 1.